The summed E-state index contributed by atoms with van der Waals surface area (Å²) >= 11 is 1.53. The number of aryl methyl sites for hydroxylation is 2. The lowest BCUT2D eigenvalue weighted by Gasteiger charge is -2.26. The second-order valence-corrected chi connectivity index (χ2v) is 7.06. The van der Waals surface area contributed by atoms with Crippen LogP contribution in [0.1, 0.15) is 48.4 Å². The van der Waals surface area contributed by atoms with E-state index in [1.54, 1.807) is 0 Å². The van der Waals surface area contributed by atoms with Crippen LogP contribution in [0, 0.1) is 13.8 Å². The normalized spacial score (nSPS) is 17.1. The maximum atomic E-state index is 10.5. The number of carbonyl (C=O) groups is 1. The molecule has 0 saturated heterocycles. The molecule has 3 heterocycles. The number of hydrogen-bond donors (Lipinski definition) is 1. The second-order valence-electron chi connectivity index (χ2n) is 5.95. The molecular weight excluding hydrogens is 334 g/mol. The molecule has 3 rings (SSSR count). The molecular formula is C18H27N5OS. The molecule has 25 heavy (non-hydrogen) atoms. The predicted molar refractivity (Wildman–Crippen MR) is 102 cm³/mol. The van der Waals surface area contributed by atoms with Gasteiger partial charge >= 0.3 is 0 Å². The number of nitrogens with one attached hydrogen (secondary N) is 1. The van der Waals surface area contributed by atoms with Gasteiger partial charge in [-0.1, -0.05) is 13.8 Å². The van der Waals surface area contributed by atoms with Crippen molar-refractivity contribution in [1.82, 2.24) is 19.9 Å². The van der Waals surface area contributed by atoms with E-state index in [0.717, 1.165) is 42.3 Å². The third-order valence-corrected chi connectivity index (χ3v) is 5.18. The fraction of sp³-hybridized carbons (Fsp3) is 0.556. The van der Waals surface area contributed by atoms with Crippen LogP contribution >= 0.6 is 11.3 Å². The molecule has 0 spiro atoms. The van der Waals surface area contributed by atoms with Crippen LogP contribution in [-0.4, -0.2) is 38.8 Å². The minimum atomic E-state index is 0.422. The summed E-state index contributed by atoms with van der Waals surface area (Å²) in [5.74, 6) is 0.856. The summed E-state index contributed by atoms with van der Waals surface area (Å²) in [6.45, 7) is 12.1. The molecule has 1 aliphatic heterocycles. The van der Waals surface area contributed by atoms with Crippen molar-refractivity contribution in [2.75, 3.05) is 11.9 Å². The first kappa shape index (κ1) is 19.5. The number of fused-ring (bicyclic) bond motifs is 1. The van der Waals surface area contributed by atoms with E-state index in [0.29, 0.717) is 17.6 Å². The van der Waals surface area contributed by atoms with Gasteiger partial charge in [-0.05, 0) is 32.8 Å². The molecule has 1 amide bonds. The summed E-state index contributed by atoms with van der Waals surface area (Å²) in [5.41, 5.74) is 3.60. The largest absolute Gasteiger partial charge is 0.305 e. The molecule has 2 aromatic rings. The molecule has 6 nitrogen and oxygen atoms in total. The van der Waals surface area contributed by atoms with Crippen molar-refractivity contribution >= 4 is 22.9 Å². The molecule has 1 unspecified atom stereocenters. The van der Waals surface area contributed by atoms with Gasteiger partial charge in [0, 0.05) is 48.0 Å². The van der Waals surface area contributed by atoms with Crippen LogP contribution < -0.4 is 5.32 Å². The fourth-order valence-corrected chi connectivity index (χ4v) is 3.90. The van der Waals surface area contributed by atoms with Gasteiger partial charge in [0.25, 0.3) is 0 Å². The molecule has 0 bridgehead atoms. The highest BCUT2D eigenvalue weighted by molar-refractivity contribution is 7.15. The van der Waals surface area contributed by atoms with Crippen LogP contribution in [0.4, 0.5) is 5.13 Å². The highest BCUT2D eigenvalue weighted by Gasteiger charge is 2.24. The molecule has 1 atom stereocenters. The summed E-state index contributed by atoms with van der Waals surface area (Å²) in [6.07, 6.45) is 4.43. The first-order chi connectivity index (χ1) is 12.1. The van der Waals surface area contributed by atoms with Gasteiger partial charge < -0.3 is 5.32 Å². The van der Waals surface area contributed by atoms with Crippen LogP contribution in [0.2, 0.25) is 0 Å². The van der Waals surface area contributed by atoms with E-state index in [1.165, 1.54) is 22.6 Å². The van der Waals surface area contributed by atoms with E-state index in [-0.39, 0.29) is 0 Å². The van der Waals surface area contributed by atoms with Crippen molar-refractivity contribution in [3.63, 3.8) is 0 Å². The van der Waals surface area contributed by atoms with Crippen LogP contribution in [-0.2, 0) is 24.2 Å². The van der Waals surface area contributed by atoms with Crippen LogP contribution in [0.15, 0.2) is 6.20 Å². The molecule has 0 radical (unpaired) electrons. The minimum absolute atomic E-state index is 0.422. The van der Waals surface area contributed by atoms with Gasteiger partial charge in [-0.25, -0.2) is 15.0 Å². The number of rotatable bonds is 4. The first-order valence-corrected chi connectivity index (χ1v) is 9.60. The molecule has 2 aromatic heterocycles. The van der Waals surface area contributed by atoms with E-state index >= 15 is 0 Å². The standard InChI is InChI=1S/C16H21N5OS.C2H6/c1-10-6-14-11(2)19-12(3)20-15(14)4-5-21(10)8-13-7-17-16(23-13)18-9-22;1-2/h7,9-10H,4-6,8H2,1-3H3,(H,17,18,22);1-2H3. The number of aromatic nitrogens is 3. The molecule has 136 valence electrons. The van der Waals surface area contributed by atoms with E-state index in [9.17, 15) is 4.79 Å². The zero-order valence-electron chi connectivity index (χ0n) is 15.7. The molecule has 0 aliphatic carbocycles. The van der Waals surface area contributed by atoms with Gasteiger partial charge in [-0.2, -0.15) is 0 Å². The Labute approximate surface area is 153 Å². The highest BCUT2D eigenvalue weighted by Crippen LogP contribution is 2.25. The van der Waals surface area contributed by atoms with Crippen LogP contribution in [0.5, 0.6) is 0 Å². The van der Waals surface area contributed by atoms with Gasteiger partial charge in [-0.3, -0.25) is 9.69 Å². The molecule has 1 aliphatic rings. The van der Waals surface area contributed by atoms with Crippen molar-refractivity contribution in [1.29, 1.82) is 0 Å². The third-order valence-electron chi connectivity index (χ3n) is 4.26. The average Bonchev–Trinajstić information content (AvgIpc) is 2.96. The van der Waals surface area contributed by atoms with Gasteiger partial charge in [0.2, 0.25) is 6.41 Å². The third kappa shape index (κ3) is 4.83. The summed E-state index contributed by atoms with van der Waals surface area (Å²) < 4.78 is 0. The maximum Gasteiger partial charge on any atom is 0.213 e. The van der Waals surface area contributed by atoms with Crippen molar-refractivity contribution in [2.45, 2.75) is 60.0 Å². The molecule has 0 fully saturated rings. The Morgan fingerprint density at radius 2 is 2.12 bits per heavy atom. The zero-order valence-corrected chi connectivity index (χ0v) is 16.5. The molecule has 7 heteroatoms. The Morgan fingerprint density at radius 1 is 1.36 bits per heavy atom. The number of carbonyl (C=O) groups excluding carboxylic acids is 1. The van der Waals surface area contributed by atoms with Crippen molar-refractivity contribution in [3.8, 4) is 0 Å². The first-order valence-electron chi connectivity index (χ1n) is 8.78. The zero-order chi connectivity index (χ0) is 18.4. The fourth-order valence-electron chi connectivity index (χ4n) is 3.11. The van der Waals surface area contributed by atoms with Gasteiger partial charge in [-0.15, -0.1) is 11.3 Å². The van der Waals surface area contributed by atoms with E-state index in [2.05, 4.69) is 39.0 Å². The number of thiazole rings is 1. The summed E-state index contributed by atoms with van der Waals surface area (Å²) in [7, 11) is 0. The maximum absolute atomic E-state index is 10.5. The van der Waals surface area contributed by atoms with E-state index in [1.807, 2.05) is 27.0 Å². The van der Waals surface area contributed by atoms with E-state index < -0.39 is 0 Å². The lowest BCUT2D eigenvalue weighted by Crippen LogP contribution is -2.33. The Kier molecular flexibility index (Phi) is 7.01. The van der Waals surface area contributed by atoms with Crippen LogP contribution in [0.25, 0.3) is 0 Å². The quantitative estimate of drug-likeness (QED) is 0.847. The highest BCUT2D eigenvalue weighted by atomic mass is 32.1. The minimum Gasteiger partial charge on any atom is -0.305 e. The van der Waals surface area contributed by atoms with Crippen LogP contribution in [0.3, 0.4) is 0 Å². The molecule has 0 saturated carbocycles. The topological polar surface area (TPSA) is 71.0 Å². The van der Waals surface area contributed by atoms with Crippen molar-refractivity contribution in [3.05, 3.63) is 33.8 Å². The monoisotopic (exact) mass is 361 g/mol. The summed E-state index contributed by atoms with van der Waals surface area (Å²) in [5, 5.41) is 3.26. The Morgan fingerprint density at radius 3 is 2.84 bits per heavy atom. The Balaban J connectivity index is 0.00000109. The second kappa shape index (κ2) is 9.01. The lowest BCUT2D eigenvalue weighted by atomic mass is 10.0. The summed E-state index contributed by atoms with van der Waals surface area (Å²) in [4.78, 5) is 27.5. The smallest absolute Gasteiger partial charge is 0.213 e. The number of anilines is 1. The van der Waals surface area contributed by atoms with Gasteiger partial charge in [0.15, 0.2) is 5.13 Å². The van der Waals surface area contributed by atoms with E-state index in [4.69, 9.17) is 0 Å². The van der Waals surface area contributed by atoms with Gasteiger partial charge in [0.05, 0.1) is 0 Å². The number of amides is 1. The van der Waals surface area contributed by atoms with Gasteiger partial charge in [0.1, 0.15) is 5.82 Å². The van der Waals surface area contributed by atoms with Crippen molar-refractivity contribution < 1.29 is 4.79 Å². The SMILES string of the molecule is CC.Cc1nc(C)c2c(n1)CCN(Cc1cnc(NC=O)s1)C(C)C2. The predicted octanol–water partition coefficient (Wildman–Crippen LogP) is 3.13. The summed E-state index contributed by atoms with van der Waals surface area (Å²) in [6, 6.07) is 0.422. The molecule has 1 N–H and O–H groups in total. The Hall–Kier alpha value is -1.86. The lowest BCUT2D eigenvalue weighted by molar-refractivity contribution is -0.105. The van der Waals surface area contributed by atoms with Crippen molar-refractivity contribution in [2.24, 2.45) is 0 Å². The molecule has 0 aromatic carbocycles. The average molecular weight is 362 g/mol. The Bertz CT molecular complexity index is 715. The number of nitrogens with zero attached hydrogens (tertiary/aromatic N) is 4. The number of hydrogen-bond acceptors (Lipinski definition) is 6.